The Morgan fingerprint density at radius 3 is 2.80 bits per heavy atom. The van der Waals surface area contributed by atoms with Crippen LogP contribution in [0, 0.1) is 0 Å². The largest absolute Gasteiger partial charge is 0.339 e. The van der Waals surface area contributed by atoms with Gasteiger partial charge in [0, 0.05) is 11.9 Å². The molecule has 0 unspecified atom stereocenters. The summed E-state index contributed by atoms with van der Waals surface area (Å²) in [6, 6.07) is 8.91. The molecule has 0 bridgehead atoms. The molecule has 0 saturated carbocycles. The van der Waals surface area contributed by atoms with Gasteiger partial charge in [0.1, 0.15) is 0 Å². The Morgan fingerprint density at radius 1 is 1.40 bits per heavy atom. The number of nitrogens with one attached hydrogen (secondary N) is 2. The van der Waals surface area contributed by atoms with E-state index < -0.39 is 0 Å². The van der Waals surface area contributed by atoms with Gasteiger partial charge in [-0.15, -0.1) is 0 Å². The molecule has 80 valence electrons. The summed E-state index contributed by atoms with van der Waals surface area (Å²) in [5, 5.41) is 6.43. The molecule has 0 aliphatic carbocycles. The van der Waals surface area contributed by atoms with Crippen molar-refractivity contribution in [2.75, 3.05) is 5.32 Å². The maximum absolute atomic E-state index is 11.2. The average molecular weight is 205 g/mol. The first kappa shape index (κ1) is 11.2. The second-order valence-corrected chi connectivity index (χ2v) is 3.03. The van der Waals surface area contributed by atoms with Gasteiger partial charge >= 0.3 is 6.03 Å². The standard InChI is InChI=1S/C11H15N3O/c1-2-3-9-12-14-11(15)13-10-7-5-4-6-8-10/h4-9H,2-3H2,1H3,(H2,13,14,15)/b12-9+. The highest BCUT2D eigenvalue weighted by Gasteiger charge is 1.97. The zero-order chi connectivity index (χ0) is 10.9. The molecule has 0 radical (unpaired) electrons. The Bertz CT molecular complexity index is 322. The van der Waals surface area contributed by atoms with Gasteiger partial charge in [0.25, 0.3) is 0 Å². The third-order valence-electron chi connectivity index (χ3n) is 1.71. The highest BCUT2D eigenvalue weighted by atomic mass is 16.2. The molecule has 2 N–H and O–H groups in total. The van der Waals surface area contributed by atoms with Crippen LogP contribution in [-0.2, 0) is 0 Å². The van der Waals surface area contributed by atoms with Crippen LogP contribution >= 0.6 is 0 Å². The van der Waals surface area contributed by atoms with E-state index in [2.05, 4.69) is 22.8 Å². The number of hydrogen-bond acceptors (Lipinski definition) is 2. The highest BCUT2D eigenvalue weighted by Crippen LogP contribution is 2.03. The lowest BCUT2D eigenvalue weighted by Crippen LogP contribution is -2.23. The Morgan fingerprint density at radius 2 is 2.13 bits per heavy atom. The lowest BCUT2D eigenvalue weighted by atomic mass is 10.3. The number of urea groups is 1. The lowest BCUT2D eigenvalue weighted by molar-refractivity contribution is 0.252. The zero-order valence-corrected chi connectivity index (χ0v) is 8.73. The zero-order valence-electron chi connectivity index (χ0n) is 8.73. The Balaban J connectivity index is 2.31. The molecule has 4 nitrogen and oxygen atoms in total. The monoisotopic (exact) mass is 205 g/mol. The fourth-order valence-electron chi connectivity index (χ4n) is 0.978. The van der Waals surface area contributed by atoms with Crippen molar-refractivity contribution in [2.45, 2.75) is 19.8 Å². The van der Waals surface area contributed by atoms with E-state index in [-0.39, 0.29) is 6.03 Å². The third-order valence-corrected chi connectivity index (χ3v) is 1.71. The minimum atomic E-state index is -0.325. The SMILES string of the molecule is CCC/C=N/NC(=O)Nc1ccccc1. The van der Waals surface area contributed by atoms with Gasteiger partial charge in [-0.25, -0.2) is 10.2 Å². The third kappa shape index (κ3) is 4.81. The van der Waals surface area contributed by atoms with Crippen molar-refractivity contribution in [1.82, 2.24) is 5.43 Å². The van der Waals surface area contributed by atoms with Crippen LogP contribution in [0.4, 0.5) is 10.5 Å². The number of para-hydroxylation sites is 1. The van der Waals surface area contributed by atoms with E-state index in [1.54, 1.807) is 6.21 Å². The van der Waals surface area contributed by atoms with E-state index in [1.807, 2.05) is 30.3 Å². The summed E-state index contributed by atoms with van der Waals surface area (Å²) in [5.74, 6) is 0. The Hall–Kier alpha value is -1.84. The molecule has 0 aromatic heterocycles. The van der Waals surface area contributed by atoms with E-state index in [0.717, 1.165) is 18.5 Å². The number of carbonyl (C=O) groups excluding carboxylic acids is 1. The number of carbonyl (C=O) groups is 1. The maximum atomic E-state index is 11.2. The molecule has 15 heavy (non-hydrogen) atoms. The van der Waals surface area contributed by atoms with E-state index >= 15 is 0 Å². The smallest absolute Gasteiger partial charge is 0.307 e. The molecule has 4 heteroatoms. The number of benzene rings is 1. The first-order valence-corrected chi connectivity index (χ1v) is 4.96. The van der Waals surface area contributed by atoms with Gasteiger partial charge in [-0.1, -0.05) is 31.5 Å². The summed E-state index contributed by atoms with van der Waals surface area (Å²) in [6.45, 7) is 2.05. The molecular weight excluding hydrogens is 190 g/mol. The molecule has 1 aromatic rings. The van der Waals surface area contributed by atoms with Crippen LogP contribution in [-0.4, -0.2) is 12.2 Å². The first-order valence-electron chi connectivity index (χ1n) is 4.96. The van der Waals surface area contributed by atoms with Gasteiger partial charge in [0.2, 0.25) is 0 Å². The quantitative estimate of drug-likeness (QED) is 0.576. The van der Waals surface area contributed by atoms with Crippen LogP contribution in [0.15, 0.2) is 35.4 Å². The van der Waals surface area contributed by atoms with Crippen molar-refractivity contribution in [2.24, 2.45) is 5.10 Å². The summed E-state index contributed by atoms with van der Waals surface area (Å²) in [4.78, 5) is 11.2. The van der Waals surface area contributed by atoms with Crippen molar-refractivity contribution < 1.29 is 4.79 Å². The number of hydrazone groups is 1. The second kappa shape index (κ2) is 6.59. The lowest BCUT2D eigenvalue weighted by Gasteiger charge is -2.02. The molecule has 2 amide bonds. The van der Waals surface area contributed by atoms with Gasteiger partial charge in [-0.2, -0.15) is 5.10 Å². The van der Waals surface area contributed by atoms with Crippen molar-refractivity contribution in [3.05, 3.63) is 30.3 Å². The average Bonchev–Trinajstić information content (AvgIpc) is 2.26. The van der Waals surface area contributed by atoms with Gasteiger partial charge in [0.15, 0.2) is 0 Å². The molecule has 0 spiro atoms. The first-order chi connectivity index (χ1) is 7.33. The topological polar surface area (TPSA) is 53.5 Å². The summed E-state index contributed by atoms with van der Waals surface area (Å²) >= 11 is 0. The number of unbranched alkanes of at least 4 members (excludes halogenated alkanes) is 1. The maximum Gasteiger partial charge on any atom is 0.339 e. The predicted molar refractivity (Wildman–Crippen MR) is 62.0 cm³/mol. The Labute approximate surface area is 89.4 Å². The van der Waals surface area contributed by atoms with Crippen molar-refractivity contribution in [3.8, 4) is 0 Å². The molecular formula is C11H15N3O. The molecule has 0 fully saturated rings. The van der Waals surface area contributed by atoms with Crippen molar-refractivity contribution >= 4 is 17.9 Å². The summed E-state index contributed by atoms with van der Waals surface area (Å²) in [5.41, 5.74) is 3.14. The summed E-state index contributed by atoms with van der Waals surface area (Å²) in [7, 11) is 0. The van der Waals surface area contributed by atoms with Crippen LogP contribution in [0.5, 0.6) is 0 Å². The van der Waals surface area contributed by atoms with E-state index in [9.17, 15) is 4.79 Å². The van der Waals surface area contributed by atoms with Crippen molar-refractivity contribution in [3.63, 3.8) is 0 Å². The van der Waals surface area contributed by atoms with Crippen LogP contribution in [0.2, 0.25) is 0 Å². The predicted octanol–water partition coefficient (Wildman–Crippen LogP) is 2.59. The van der Waals surface area contributed by atoms with Crippen LogP contribution in [0.1, 0.15) is 19.8 Å². The molecule has 0 saturated heterocycles. The van der Waals surface area contributed by atoms with Crippen LogP contribution in [0.3, 0.4) is 0 Å². The summed E-state index contributed by atoms with van der Waals surface area (Å²) < 4.78 is 0. The van der Waals surface area contributed by atoms with E-state index in [0.29, 0.717) is 0 Å². The van der Waals surface area contributed by atoms with Gasteiger partial charge < -0.3 is 5.32 Å². The van der Waals surface area contributed by atoms with Crippen LogP contribution < -0.4 is 10.7 Å². The molecule has 0 heterocycles. The van der Waals surface area contributed by atoms with Crippen molar-refractivity contribution in [1.29, 1.82) is 0 Å². The molecule has 1 aromatic carbocycles. The molecule has 0 atom stereocenters. The highest BCUT2D eigenvalue weighted by molar-refractivity contribution is 5.89. The van der Waals surface area contributed by atoms with E-state index in [4.69, 9.17) is 0 Å². The summed E-state index contributed by atoms with van der Waals surface area (Å²) in [6.07, 6.45) is 3.57. The number of rotatable bonds is 4. The number of hydrogen-bond donors (Lipinski definition) is 2. The number of anilines is 1. The number of amides is 2. The normalized spacial score (nSPS) is 10.2. The minimum absolute atomic E-state index is 0.325. The van der Waals surface area contributed by atoms with Crippen LogP contribution in [0.25, 0.3) is 0 Å². The van der Waals surface area contributed by atoms with Gasteiger partial charge in [-0.3, -0.25) is 0 Å². The molecule has 1 rings (SSSR count). The Kier molecular flexibility index (Phi) is 4.94. The number of nitrogens with zero attached hydrogens (tertiary/aromatic N) is 1. The van der Waals surface area contributed by atoms with Gasteiger partial charge in [0.05, 0.1) is 0 Å². The fraction of sp³-hybridized carbons (Fsp3) is 0.273. The van der Waals surface area contributed by atoms with Gasteiger partial charge in [-0.05, 0) is 18.6 Å². The molecule has 0 aliphatic rings. The second-order valence-electron chi connectivity index (χ2n) is 3.03. The fourth-order valence-corrected chi connectivity index (χ4v) is 0.978. The van der Waals surface area contributed by atoms with E-state index in [1.165, 1.54) is 0 Å². The molecule has 0 aliphatic heterocycles. The minimum Gasteiger partial charge on any atom is -0.307 e.